The summed E-state index contributed by atoms with van der Waals surface area (Å²) in [6.07, 6.45) is 15.3. The Labute approximate surface area is 321 Å². The van der Waals surface area contributed by atoms with Crippen LogP contribution in [0.1, 0.15) is 106 Å². The molecule has 0 saturated carbocycles. The van der Waals surface area contributed by atoms with E-state index in [-0.39, 0.29) is 5.57 Å². The molecule has 5 nitrogen and oxygen atoms in total. The van der Waals surface area contributed by atoms with Gasteiger partial charge >= 0.3 is 6.03 Å². The van der Waals surface area contributed by atoms with Crippen molar-refractivity contribution in [3.8, 4) is 39.0 Å². The highest BCUT2D eigenvalue weighted by Gasteiger charge is 2.28. The fourth-order valence-electron chi connectivity index (χ4n) is 6.32. The topological polar surface area (TPSA) is 75.3 Å². The van der Waals surface area contributed by atoms with Crippen molar-refractivity contribution in [2.75, 3.05) is 0 Å². The normalized spacial score (nSPS) is 13.3. The molecule has 268 valence electrons. The average Bonchev–Trinajstić information content (AvgIpc) is 3.95. The second-order valence-corrected chi connectivity index (χ2v) is 18.3. The van der Waals surface area contributed by atoms with Crippen molar-refractivity contribution in [2.45, 2.75) is 105 Å². The fourth-order valence-corrected chi connectivity index (χ4v) is 12.4. The van der Waals surface area contributed by atoms with Crippen LogP contribution in [0.3, 0.4) is 0 Å². The van der Waals surface area contributed by atoms with E-state index in [9.17, 15) is 14.4 Å². The van der Waals surface area contributed by atoms with Gasteiger partial charge in [0.15, 0.2) is 0 Å². The Morgan fingerprint density at radius 3 is 1.47 bits per heavy atom. The largest absolute Gasteiger partial charge is 0.328 e. The molecule has 6 rings (SSSR count). The summed E-state index contributed by atoms with van der Waals surface area (Å²) in [6, 6.07) is 13.0. The van der Waals surface area contributed by atoms with Gasteiger partial charge in [-0.1, -0.05) is 53.4 Å². The van der Waals surface area contributed by atoms with Crippen LogP contribution >= 0.6 is 56.7 Å². The molecule has 2 N–H and O–H groups in total. The Bertz CT molecular complexity index is 2010. The minimum absolute atomic E-state index is 0.0564. The Hall–Kier alpha value is -3.15. The first-order chi connectivity index (χ1) is 24.8. The molecule has 0 unspecified atom stereocenters. The number of unbranched alkanes of at least 4 members (excludes halogenated alkanes) is 4. The predicted octanol–water partition coefficient (Wildman–Crippen LogP) is 12.8. The second-order valence-electron chi connectivity index (χ2n) is 13.1. The molecular formula is C41H46N2O3S5. The van der Waals surface area contributed by atoms with Crippen LogP contribution in [0.5, 0.6) is 0 Å². The summed E-state index contributed by atoms with van der Waals surface area (Å²) in [5.41, 5.74) is 5.72. The zero-order valence-electron chi connectivity index (χ0n) is 29.9. The summed E-state index contributed by atoms with van der Waals surface area (Å²) in [7, 11) is 0. The van der Waals surface area contributed by atoms with Crippen LogP contribution in [0.2, 0.25) is 0 Å². The summed E-state index contributed by atoms with van der Waals surface area (Å²) < 4.78 is 0. The summed E-state index contributed by atoms with van der Waals surface area (Å²) in [5.74, 6) is -1.34. The Morgan fingerprint density at radius 1 is 0.529 bits per heavy atom. The molecule has 1 aliphatic heterocycles. The van der Waals surface area contributed by atoms with E-state index in [2.05, 4.69) is 74.0 Å². The summed E-state index contributed by atoms with van der Waals surface area (Å²) in [6.45, 7) is 9.06. The molecule has 5 aromatic rings. The molecule has 0 aliphatic carbocycles. The number of hydrogen-bond donors (Lipinski definition) is 2. The van der Waals surface area contributed by atoms with Crippen molar-refractivity contribution < 1.29 is 14.4 Å². The maximum absolute atomic E-state index is 12.4. The molecule has 0 atom stereocenters. The number of urea groups is 1. The van der Waals surface area contributed by atoms with Crippen LogP contribution in [0.15, 0.2) is 47.4 Å². The SMILES string of the molecule is CCCCc1ccsc1-c1cc(CCCC)c(-c2cc(CCCC)c(-c3cc(CCCC)c(-c4ccc(C=C5C(=O)NC(=O)NC5=O)s4)s3)s2)s1. The number of thiophene rings is 5. The van der Waals surface area contributed by atoms with Gasteiger partial charge < -0.3 is 0 Å². The molecule has 1 aliphatic rings. The molecule has 6 heterocycles. The van der Waals surface area contributed by atoms with Crippen LogP contribution in [-0.4, -0.2) is 17.8 Å². The molecule has 0 spiro atoms. The number of carbonyl (C=O) groups excluding carboxylic acids is 3. The third-order valence-electron chi connectivity index (χ3n) is 9.12. The monoisotopic (exact) mass is 774 g/mol. The van der Waals surface area contributed by atoms with E-state index in [4.69, 9.17) is 0 Å². The first-order valence-electron chi connectivity index (χ1n) is 18.3. The maximum atomic E-state index is 12.4. The van der Waals surface area contributed by atoms with E-state index in [1.165, 1.54) is 82.1 Å². The van der Waals surface area contributed by atoms with Crippen molar-refractivity contribution >= 4 is 80.6 Å². The van der Waals surface area contributed by atoms with E-state index in [1.807, 2.05) is 51.4 Å². The van der Waals surface area contributed by atoms with Crippen LogP contribution in [0.25, 0.3) is 45.1 Å². The molecule has 0 aromatic carbocycles. The van der Waals surface area contributed by atoms with Crippen molar-refractivity contribution in [2.24, 2.45) is 0 Å². The third kappa shape index (κ3) is 8.74. The summed E-state index contributed by atoms with van der Waals surface area (Å²) in [4.78, 5) is 47.9. The highest BCUT2D eigenvalue weighted by Crippen LogP contribution is 2.50. The van der Waals surface area contributed by atoms with Crippen LogP contribution in [0.4, 0.5) is 4.79 Å². The van der Waals surface area contributed by atoms with Gasteiger partial charge in [0.05, 0.1) is 0 Å². The smallest absolute Gasteiger partial charge is 0.273 e. The number of barbiturate groups is 1. The number of carbonyl (C=O) groups is 3. The summed E-state index contributed by atoms with van der Waals surface area (Å²) in [5, 5.41) is 6.60. The zero-order chi connectivity index (χ0) is 35.9. The van der Waals surface area contributed by atoms with Crippen molar-refractivity contribution in [1.29, 1.82) is 0 Å². The number of imide groups is 2. The lowest BCUT2D eigenvalue weighted by Crippen LogP contribution is -2.51. The van der Waals surface area contributed by atoms with Gasteiger partial charge in [0, 0.05) is 43.9 Å². The van der Waals surface area contributed by atoms with Gasteiger partial charge in [-0.25, -0.2) is 4.79 Å². The zero-order valence-corrected chi connectivity index (χ0v) is 34.0. The standard InChI is InChI=1S/C41H46N2O3S5/c1-5-9-13-25-19-20-47-35(25)32-21-27(15-11-7-3)37(49-32)34-23-28(16-12-8-4)38(51-34)33-22-26(14-10-6-2)36(50-33)31-18-17-29(48-31)24-30-39(44)42-41(46)43-40(30)45/h17-24H,5-16H2,1-4H3,(H2,42,43,44,45,46). The molecule has 0 radical (unpaired) electrons. The number of hydrogen-bond acceptors (Lipinski definition) is 8. The third-order valence-corrected chi connectivity index (χ3v) is 15.4. The minimum Gasteiger partial charge on any atom is -0.273 e. The lowest BCUT2D eigenvalue weighted by Gasteiger charge is -2.13. The molecule has 5 aromatic heterocycles. The predicted molar refractivity (Wildman–Crippen MR) is 222 cm³/mol. The molecule has 1 saturated heterocycles. The molecule has 4 amide bonds. The van der Waals surface area contributed by atoms with Crippen LogP contribution in [-0.2, 0) is 35.3 Å². The average molecular weight is 775 g/mol. The number of amides is 4. The second kappa shape index (κ2) is 17.6. The van der Waals surface area contributed by atoms with Crippen LogP contribution in [0, 0.1) is 0 Å². The highest BCUT2D eigenvalue weighted by atomic mass is 32.1. The Kier molecular flexibility index (Phi) is 13.0. The van der Waals surface area contributed by atoms with E-state index in [1.54, 1.807) is 17.4 Å². The van der Waals surface area contributed by atoms with Gasteiger partial charge in [-0.05, 0) is 121 Å². The lowest BCUT2D eigenvalue weighted by atomic mass is 10.0. The van der Waals surface area contributed by atoms with Crippen molar-refractivity contribution in [3.05, 3.63) is 74.5 Å². The fraction of sp³-hybridized carbons (Fsp3) is 0.390. The highest BCUT2D eigenvalue weighted by molar-refractivity contribution is 7.30. The van der Waals surface area contributed by atoms with Crippen molar-refractivity contribution in [3.63, 3.8) is 0 Å². The molecule has 51 heavy (non-hydrogen) atoms. The van der Waals surface area contributed by atoms with Crippen molar-refractivity contribution in [1.82, 2.24) is 10.6 Å². The van der Waals surface area contributed by atoms with Gasteiger partial charge in [-0.3, -0.25) is 20.2 Å². The van der Waals surface area contributed by atoms with E-state index >= 15 is 0 Å². The number of rotatable bonds is 17. The Morgan fingerprint density at radius 2 is 0.980 bits per heavy atom. The first-order valence-corrected chi connectivity index (χ1v) is 22.4. The van der Waals surface area contributed by atoms with E-state index < -0.39 is 17.8 Å². The Balaban J connectivity index is 1.39. The minimum atomic E-state index is -0.786. The van der Waals surface area contributed by atoms with Gasteiger partial charge in [-0.2, -0.15) is 0 Å². The molecule has 0 bridgehead atoms. The van der Waals surface area contributed by atoms with Gasteiger partial charge in [0.25, 0.3) is 11.8 Å². The summed E-state index contributed by atoms with van der Waals surface area (Å²) >= 11 is 9.28. The van der Waals surface area contributed by atoms with Gasteiger partial charge in [0.2, 0.25) is 0 Å². The lowest BCUT2D eigenvalue weighted by molar-refractivity contribution is -0.123. The first kappa shape index (κ1) is 37.6. The quantitative estimate of drug-likeness (QED) is 0.0730. The van der Waals surface area contributed by atoms with E-state index in [0.717, 1.165) is 61.1 Å². The number of aryl methyl sites for hydroxylation is 4. The van der Waals surface area contributed by atoms with Gasteiger partial charge in [0.1, 0.15) is 5.57 Å². The van der Waals surface area contributed by atoms with E-state index in [0.29, 0.717) is 0 Å². The van der Waals surface area contributed by atoms with Crippen LogP contribution < -0.4 is 10.6 Å². The maximum Gasteiger partial charge on any atom is 0.328 e. The molecule has 1 fully saturated rings. The van der Waals surface area contributed by atoms with Gasteiger partial charge in [-0.15, -0.1) is 56.7 Å². The molecule has 10 heteroatoms. The molecular weight excluding hydrogens is 729 g/mol. The number of nitrogens with one attached hydrogen (secondary N) is 2.